The van der Waals surface area contributed by atoms with E-state index in [1.807, 2.05) is 0 Å². The minimum absolute atomic E-state index is 0.265. The van der Waals surface area contributed by atoms with Crippen molar-refractivity contribution >= 4 is 10.9 Å². The Morgan fingerprint density at radius 1 is 1.24 bits per heavy atom. The fourth-order valence-electron chi connectivity index (χ4n) is 2.18. The number of fused-ring (bicyclic) bond motifs is 1. The van der Waals surface area contributed by atoms with Gasteiger partial charge >= 0.3 is 0 Å². The first kappa shape index (κ1) is 12.1. The third-order valence-corrected chi connectivity index (χ3v) is 3.06. The van der Waals surface area contributed by atoms with Crippen LogP contribution >= 0.6 is 0 Å². The zero-order chi connectivity index (χ0) is 12.1. The van der Waals surface area contributed by atoms with E-state index in [4.69, 9.17) is 5.11 Å². The number of aromatic nitrogens is 1. The lowest BCUT2D eigenvalue weighted by molar-refractivity contribution is 0.286. The van der Waals surface area contributed by atoms with Gasteiger partial charge in [-0.15, -0.1) is 0 Å². The summed E-state index contributed by atoms with van der Waals surface area (Å²) in [6.07, 6.45) is 4.07. The summed E-state index contributed by atoms with van der Waals surface area (Å²) in [4.78, 5) is 0. The van der Waals surface area contributed by atoms with Crippen LogP contribution in [0.1, 0.15) is 12.0 Å². The van der Waals surface area contributed by atoms with Crippen LogP contribution in [-0.2, 0) is 13.5 Å². The van der Waals surface area contributed by atoms with Gasteiger partial charge < -0.3 is 15.0 Å². The fraction of sp³-hybridized carbons (Fsp3) is 0.429. The Balaban J connectivity index is 1.99. The van der Waals surface area contributed by atoms with E-state index in [2.05, 4.69) is 47.4 Å². The summed E-state index contributed by atoms with van der Waals surface area (Å²) >= 11 is 0. The van der Waals surface area contributed by atoms with Gasteiger partial charge in [-0.25, -0.2) is 0 Å². The number of aliphatic hydroxyl groups excluding tert-OH is 1. The van der Waals surface area contributed by atoms with Gasteiger partial charge in [0.1, 0.15) is 0 Å². The van der Waals surface area contributed by atoms with E-state index in [1.165, 1.54) is 16.5 Å². The predicted octanol–water partition coefficient (Wildman–Crippen LogP) is 1.69. The molecule has 1 heterocycles. The fourth-order valence-corrected chi connectivity index (χ4v) is 2.18. The Hall–Kier alpha value is -1.32. The Morgan fingerprint density at radius 2 is 2.06 bits per heavy atom. The lowest BCUT2D eigenvalue weighted by Crippen LogP contribution is -2.19. The largest absolute Gasteiger partial charge is 0.396 e. The SMILES string of the molecule is Cn1cc(CCNCCCO)c2ccccc21. The number of hydrogen-bond acceptors (Lipinski definition) is 2. The van der Waals surface area contributed by atoms with Gasteiger partial charge in [-0.1, -0.05) is 18.2 Å². The van der Waals surface area contributed by atoms with E-state index in [0.717, 1.165) is 25.9 Å². The predicted molar refractivity (Wildman–Crippen MR) is 71.2 cm³/mol. The molecule has 0 saturated carbocycles. The molecule has 3 nitrogen and oxygen atoms in total. The lowest BCUT2D eigenvalue weighted by Gasteiger charge is -2.02. The summed E-state index contributed by atoms with van der Waals surface area (Å²) in [5, 5.41) is 13.4. The van der Waals surface area contributed by atoms with Crippen molar-refractivity contribution < 1.29 is 5.11 Å². The summed E-state index contributed by atoms with van der Waals surface area (Å²) in [6.45, 7) is 2.12. The second kappa shape index (κ2) is 5.84. The molecule has 0 aliphatic rings. The van der Waals surface area contributed by atoms with Crippen LogP contribution in [-0.4, -0.2) is 29.4 Å². The minimum Gasteiger partial charge on any atom is -0.396 e. The van der Waals surface area contributed by atoms with E-state index < -0.39 is 0 Å². The summed E-state index contributed by atoms with van der Waals surface area (Å²) in [5.41, 5.74) is 2.68. The topological polar surface area (TPSA) is 37.2 Å². The van der Waals surface area contributed by atoms with E-state index in [9.17, 15) is 0 Å². The van der Waals surface area contributed by atoms with Crippen molar-refractivity contribution in [2.75, 3.05) is 19.7 Å². The molecule has 2 N–H and O–H groups in total. The minimum atomic E-state index is 0.265. The normalized spacial score (nSPS) is 11.2. The van der Waals surface area contributed by atoms with Gasteiger partial charge in [0.2, 0.25) is 0 Å². The molecule has 0 aliphatic heterocycles. The molecule has 0 radical (unpaired) electrons. The molecule has 2 rings (SSSR count). The molecule has 3 heteroatoms. The van der Waals surface area contributed by atoms with Gasteiger partial charge in [0.05, 0.1) is 0 Å². The van der Waals surface area contributed by atoms with Crippen molar-refractivity contribution in [3.63, 3.8) is 0 Å². The van der Waals surface area contributed by atoms with Crippen LogP contribution in [0.15, 0.2) is 30.5 Å². The van der Waals surface area contributed by atoms with Gasteiger partial charge in [-0.05, 0) is 37.6 Å². The molecule has 0 atom stereocenters. The highest BCUT2D eigenvalue weighted by Gasteiger charge is 2.04. The summed E-state index contributed by atoms with van der Waals surface area (Å²) < 4.78 is 2.18. The first-order valence-corrected chi connectivity index (χ1v) is 6.17. The van der Waals surface area contributed by atoms with E-state index in [1.54, 1.807) is 0 Å². The van der Waals surface area contributed by atoms with Crippen molar-refractivity contribution in [1.29, 1.82) is 0 Å². The number of rotatable bonds is 6. The standard InChI is InChI=1S/C14H20N2O/c1-16-11-12(7-9-15-8-4-10-17)13-5-2-3-6-14(13)16/h2-3,5-6,11,15,17H,4,7-10H2,1H3. The van der Waals surface area contributed by atoms with Gasteiger partial charge in [0.15, 0.2) is 0 Å². The molecule has 0 spiro atoms. The number of hydrogen-bond donors (Lipinski definition) is 2. The molecule has 0 bridgehead atoms. The first-order valence-electron chi connectivity index (χ1n) is 6.17. The van der Waals surface area contributed by atoms with Gasteiger partial charge in [-0.2, -0.15) is 0 Å². The Morgan fingerprint density at radius 3 is 2.88 bits per heavy atom. The third kappa shape index (κ3) is 2.87. The van der Waals surface area contributed by atoms with Gasteiger partial charge in [-0.3, -0.25) is 0 Å². The molecule has 0 aliphatic carbocycles. The van der Waals surface area contributed by atoms with Crippen molar-refractivity contribution in [3.05, 3.63) is 36.0 Å². The molecule has 1 aromatic heterocycles. The Bertz CT molecular complexity index is 476. The smallest absolute Gasteiger partial charge is 0.0480 e. The van der Waals surface area contributed by atoms with Crippen molar-refractivity contribution in [2.24, 2.45) is 7.05 Å². The van der Waals surface area contributed by atoms with Crippen LogP contribution < -0.4 is 5.32 Å². The lowest BCUT2D eigenvalue weighted by atomic mass is 10.1. The Labute approximate surface area is 102 Å². The van der Waals surface area contributed by atoms with Crippen molar-refractivity contribution in [3.8, 4) is 0 Å². The number of aryl methyl sites for hydroxylation is 1. The van der Waals surface area contributed by atoms with Crippen molar-refractivity contribution in [1.82, 2.24) is 9.88 Å². The number of para-hydroxylation sites is 1. The van der Waals surface area contributed by atoms with Crippen LogP contribution in [0.5, 0.6) is 0 Å². The monoisotopic (exact) mass is 232 g/mol. The maximum absolute atomic E-state index is 8.68. The highest BCUT2D eigenvalue weighted by Crippen LogP contribution is 2.20. The zero-order valence-corrected chi connectivity index (χ0v) is 10.3. The van der Waals surface area contributed by atoms with E-state index >= 15 is 0 Å². The van der Waals surface area contributed by atoms with Crippen LogP contribution in [0.3, 0.4) is 0 Å². The first-order chi connectivity index (χ1) is 8.33. The van der Waals surface area contributed by atoms with Crippen LogP contribution in [0.4, 0.5) is 0 Å². The molecule has 2 aromatic rings. The number of nitrogens with zero attached hydrogens (tertiary/aromatic N) is 1. The molecule has 0 fully saturated rings. The maximum atomic E-state index is 8.68. The summed E-state index contributed by atoms with van der Waals surface area (Å²) in [7, 11) is 2.09. The average molecular weight is 232 g/mol. The molecule has 17 heavy (non-hydrogen) atoms. The molecule has 0 saturated heterocycles. The van der Waals surface area contributed by atoms with Crippen LogP contribution in [0, 0.1) is 0 Å². The quantitative estimate of drug-likeness (QED) is 0.744. The van der Waals surface area contributed by atoms with Crippen LogP contribution in [0.2, 0.25) is 0 Å². The molecule has 0 unspecified atom stereocenters. The number of aliphatic hydroxyl groups is 1. The van der Waals surface area contributed by atoms with E-state index in [-0.39, 0.29) is 6.61 Å². The second-order valence-electron chi connectivity index (χ2n) is 4.36. The Kier molecular flexibility index (Phi) is 4.18. The average Bonchev–Trinajstić information content (AvgIpc) is 2.67. The van der Waals surface area contributed by atoms with Gasteiger partial charge in [0, 0.05) is 30.8 Å². The van der Waals surface area contributed by atoms with Crippen molar-refractivity contribution in [2.45, 2.75) is 12.8 Å². The zero-order valence-electron chi connectivity index (χ0n) is 10.3. The number of benzene rings is 1. The molecule has 0 amide bonds. The summed E-state index contributed by atoms with van der Waals surface area (Å²) in [5.74, 6) is 0. The second-order valence-corrected chi connectivity index (χ2v) is 4.36. The highest BCUT2D eigenvalue weighted by atomic mass is 16.3. The molecular formula is C14H20N2O. The third-order valence-electron chi connectivity index (χ3n) is 3.06. The van der Waals surface area contributed by atoms with E-state index in [0.29, 0.717) is 0 Å². The summed E-state index contributed by atoms with van der Waals surface area (Å²) in [6, 6.07) is 8.49. The molecule has 92 valence electrons. The van der Waals surface area contributed by atoms with Gasteiger partial charge in [0.25, 0.3) is 0 Å². The number of nitrogens with one attached hydrogen (secondary N) is 1. The maximum Gasteiger partial charge on any atom is 0.0480 e. The molecular weight excluding hydrogens is 212 g/mol. The molecule has 1 aromatic carbocycles. The highest BCUT2D eigenvalue weighted by molar-refractivity contribution is 5.83. The van der Waals surface area contributed by atoms with Crippen LogP contribution in [0.25, 0.3) is 10.9 Å².